The summed E-state index contributed by atoms with van der Waals surface area (Å²) in [6, 6.07) is 7.97. The molecule has 1 heterocycles. The summed E-state index contributed by atoms with van der Waals surface area (Å²) < 4.78 is 42.5. The van der Waals surface area contributed by atoms with E-state index in [-0.39, 0.29) is 47.3 Å². The van der Waals surface area contributed by atoms with Crippen LogP contribution in [0.15, 0.2) is 30.5 Å². The number of nitrogens with one attached hydrogen (secondary N) is 3. The molecule has 4 unspecified atom stereocenters. The maximum atomic E-state index is 12.8. The van der Waals surface area contributed by atoms with E-state index in [2.05, 4.69) is 31.4 Å². The smallest absolute Gasteiger partial charge is 0.405 e. The van der Waals surface area contributed by atoms with Gasteiger partial charge in [-0.15, -0.1) is 13.2 Å². The van der Waals surface area contributed by atoms with Gasteiger partial charge in [-0.3, -0.25) is 0 Å². The third-order valence-electron chi connectivity index (χ3n) is 9.19. The van der Waals surface area contributed by atoms with Gasteiger partial charge in [0.05, 0.1) is 12.3 Å². The van der Waals surface area contributed by atoms with E-state index in [4.69, 9.17) is 10.5 Å². The van der Waals surface area contributed by atoms with Crippen molar-refractivity contribution in [2.45, 2.75) is 70.4 Å². The average Bonchev–Trinajstić information content (AvgIpc) is 2.93. The van der Waals surface area contributed by atoms with Crippen LogP contribution in [0.2, 0.25) is 0 Å². The number of ether oxygens (including phenoxy) is 1. The first kappa shape index (κ1) is 30.0. The van der Waals surface area contributed by atoms with Crippen LogP contribution in [0.3, 0.4) is 0 Å². The number of halogens is 3. The minimum Gasteiger partial charge on any atom is -0.405 e. The molecule has 4 aliphatic carbocycles. The lowest BCUT2D eigenvalue weighted by atomic mass is 9.45. The Morgan fingerprint density at radius 1 is 1.17 bits per heavy atom. The van der Waals surface area contributed by atoms with Gasteiger partial charge >= 0.3 is 6.36 Å². The molecule has 4 bridgehead atoms. The van der Waals surface area contributed by atoms with Gasteiger partial charge in [0.25, 0.3) is 0 Å². The zero-order chi connectivity index (χ0) is 29.9. The SMILES string of the molecule is N#Cc1cnc(NCc2ccccc2OC(F)(F)F)nc1NCC12CC3C[C@H](C1)C(C(=N)CCC(O)CCO)[C@@H](C3)C2. The van der Waals surface area contributed by atoms with Crippen LogP contribution in [0.4, 0.5) is 24.9 Å². The summed E-state index contributed by atoms with van der Waals surface area (Å²) in [5.41, 5.74) is 1.34. The van der Waals surface area contributed by atoms with Crippen LogP contribution in [0.5, 0.6) is 5.75 Å². The van der Waals surface area contributed by atoms with Gasteiger partial charge in [-0.1, -0.05) is 18.2 Å². The Kier molecular flexibility index (Phi) is 8.89. The Balaban J connectivity index is 1.23. The fourth-order valence-electron chi connectivity index (χ4n) is 7.76. The summed E-state index contributed by atoms with van der Waals surface area (Å²) >= 11 is 0. The van der Waals surface area contributed by atoms with Crippen molar-refractivity contribution in [2.24, 2.45) is 29.1 Å². The fraction of sp³-hybridized carbons (Fsp3) is 0.600. The van der Waals surface area contributed by atoms with Crippen molar-refractivity contribution in [1.82, 2.24) is 9.97 Å². The van der Waals surface area contributed by atoms with Gasteiger partial charge in [0, 0.05) is 36.9 Å². The van der Waals surface area contributed by atoms with Gasteiger partial charge in [0.15, 0.2) is 0 Å². The minimum absolute atomic E-state index is 0.00303. The van der Waals surface area contributed by atoms with E-state index >= 15 is 0 Å². The number of aliphatic hydroxyl groups is 2. The van der Waals surface area contributed by atoms with Crippen LogP contribution in [0.1, 0.15) is 62.5 Å². The Labute approximate surface area is 243 Å². The molecule has 1 aromatic carbocycles. The van der Waals surface area contributed by atoms with E-state index in [0.717, 1.165) is 37.8 Å². The highest BCUT2D eigenvalue weighted by Crippen LogP contribution is 2.62. The maximum absolute atomic E-state index is 12.8. The zero-order valence-electron chi connectivity index (χ0n) is 23.3. The van der Waals surface area contributed by atoms with E-state index in [1.807, 2.05) is 0 Å². The van der Waals surface area contributed by atoms with Crippen LogP contribution in [-0.2, 0) is 6.54 Å². The van der Waals surface area contributed by atoms with E-state index in [0.29, 0.717) is 49.4 Å². The Bertz CT molecular complexity index is 1300. The van der Waals surface area contributed by atoms with Crippen molar-refractivity contribution < 1.29 is 28.1 Å². The molecule has 6 rings (SSSR count). The third-order valence-corrected chi connectivity index (χ3v) is 9.19. The molecule has 4 saturated carbocycles. The second kappa shape index (κ2) is 12.4. The van der Waals surface area contributed by atoms with Crippen LogP contribution in [-0.4, -0.2) is 51.5 Å². The topological polar surface area (TPSA) is 147 Å². The van der Waals surface area contributed by atoms with Gasteiger partial charge in [-0.25, -0.2) is 4.98 Å². The molecule has 9 nitrogen and oxygen atoms in total. The summed E-state index contributed by atoms with van der Waals surface area (Å²) in [5.74, 6) is 1.97. The van der Waals surface area contributed by atoms with Gasteiger partial charge < -0.3 is 31.0 Å². The van der Waals surface area contributed by atoms with Crippen molar-refractivity contribution in [3.63, 3.8) is 0 Å². The quantitative estimate of drug-likeness (QED) is 0.200. The molecule has 42 heavy (non-hydrogen) atoms. The van der Waals surface area contributed by atoms with Crippen LogP contribution >= 0.6 is 0 Å². The number of hydrogen-bond acceptors (Lipinski definition) is 9. The van der Waals surface area contributed by atoms with Gasteiger partial charge in [0.1, 0.15) is 23.2 Å². The molecule has 1 aromatic heterocycles. The predicted octanol–water partition coefficient (Wildman–Crippen LogP) is 5.26. The molecule has 12 heteroatoms. The Morgan fingerprint density at radius 2 is 1.90 bits per heavy atom. The van der Waals surface area contributed by atoms with Crippen LogP contribution in [0.25, 0.3) is 0 Å². The summed E-state index contributed by atoms with van der Waals surface area (Å²) in [5, 5.41) is 43.9. The highest BCUT2D eigenvalue weighted by molar-refractivity contribution is 5.84. The van der Waals surface area contributed by atoms with E-state index in [9.17, 15) is 23.5 Å². The Hall–Kier alpha value is -3.43. The number of rotatable bonds is 13. The minimum atomic E-state index is -4.81. The molecule has 0 aliphatic heterocycles. The van der Waals surface area contributed by atoms with E-state index < -0.39 is 12.5 Å². The first-order valence-electron chi connectivity index (χ1n) is 14.5. The number of nitrogens with zero attached hydrogens (tertiary/aromatic N) is 3. The van der Waals surface area contributed by atoms with Crippen molar-refractivity contribution in [1.29, 1.82) is 10.7 Å². The highest BCUT2D eigenvalue weighted by atomic mass is 19.4. The standard InChI is InChI=1S/C30H37F3N6O3/c31-30(32,33)42-25-4-2-1-3-19(25)15-36-28-37-16-22(14-34)27(39-28)38-17-29-11-18-9-20(12-29)26(21(10-18)13-29)24(35)6-5-23(41)7-8-40/h1-4,16,18,20-21,23,26,35,40-41H,5-13,15,17H2,(H2,36,37,38,39)/t18?,20-,21+,23?,26?,29?. The molecule has 0 saturated heterocycles. The van der Waals surface area contributed by atoms with E-state index in [1.54, 1.807) is 6.07 Å². The van der Waals surface area contributed by atoms with Crippen LogP contribution in [0, 0.1) is 45.8 Å². The molecule has 5 N–H and O–H groups in total. The Morgan fingerprint density at radius 3 is 2.60 bits per heavy atom. The van der Waals surface area contributed by atoms with E-state index in [1.165, 1.54) is 24.4 Å². The van der Waals surface area contributed by atoms with Gasteiger partial charge in [-0.2, -0.15) is 10.2 Å². The number of anilines is 2. The lowest BCUT2D eigenvalue weighted by Gasteiger charge is -2.60. The molecule has 0 spiro atoms. The largest absolute Gasteiger partial charge is 0.573 e. The molecule has 0 amide bonds. The van der Waals surface area contributed by atoms with Gasteiger partial charge in [-0.05, 0) is 80.6 Å². The number of aliphatic hydroxyl groups excluding tert-OH is 2. The molecule has 226 valence electrons. The van der Waals surface area contributed by atoms with Crippen molar-refractivity contribution in [3.05, 3.63) is 41.6 Å². The number of nitriles is 1. The first-order chi connectivity index (χ1) is 20.1. The molecular formula is C30H37F3N6O3. The molecule has 0 radical (unpaired) electrons. The zero-order valence-corrected chi connectivity index (χ0v) is 23.3. The monoisotopic (exact) mass is 586 g/mol. The summed E-state index contributed by atoms with van der Waals surface area (Å²) in [7, 11) is 0. The number of aromatic nitrogens is 2. The highest BCUT2D eigenvalue weighted by Gasteiger charge is 2.55. The maximum Gasteiger partial charge on any atom is 0.573 e. The average molecular weight is 587 g/mol. The third kappa shape index (κ3) is 6.95. The van der Waals surface area contributed by atoms with Crippen molar-refractivity contribution >= 4 is 17.5 Å². The lowest BCUT2D eigenvalue weighted by molar-refractivity contribution is -0.274. The predicted molar refractivity (Wildman–Crippen MR) is 150 cm³/mol. The normalized spacial score (nSPS) is 26.9. The number of benzene rings is 1. The second-order valence-corrected chi connectivity index (χ2v) is 12.2. The molecule has 4 fully saturated rings. The molecule has 4 aliphatic rings. The first-order valence-corrected chi connectivity index (χ1v) is 14.5. The fourth-order valence-corrected chi connectivity index (χ4v) is 7.76. The molecular weight excluding hydrogens is 549 g/mol. The number of para-hydroxylation sites is 1. The lowest BCUT2D eigenvalue weighted by Crippen LogP contribution is -2.55. The molecule has 2 aromatic rings. The summed E-state index contributed by atoms with van der Waals surface area (Å²) in [6.07, 6.45) is 2.74. The van der Waals surface area contributed by atoms with Gasteiger partial charge in [0.2, 0.25) is 5.95 Å². The summed E-state index contributed by atoms with van der Waals surface area (Å²) in [6.45, 7) is 0.582. The second-order valence-electron chi connectivity index (χ2n) is 12.2. The molecule has 6 atom stereocenters. The summed E-state index contributed by atoms with van der Waals surface area (Å²) in [4.78, 5) is 8.66. The number of alkyl halides is 3. The number of hydrogen-bond donors (Lipinski definition) is 5. The van der Waals surface area contributed by atoms with Crippen molar-refractivity contribution in [2.75, 3.05) is 23.8 Å². The van der Waals surface area contributed by atoms with Crippen LogP contribution < -0.4 is 15.4 Å². The van der Waals surface area contributed by atoms with Crippen molar-refractivity contribution in [3.8, 4) is 11.8 Å².